The molecule has 0 fully saturated rings. The largest absolute Gasteiger partial charge is 0.451 e. The smallest absolute Gasteiger partial charge is 0.375 e. The number of ether oxygens (including phenoxy) is 1. The predicted octanol–water partition coefficient (Wildman–Crippen LogP) is 4.50. The maximum absolute atomic E-state index is 12.1. The Morgan fingerprint density at radius 3 is 2.68 bits per heavy atom. The van der Waals surface area contributed by atoms with Crippen LogP contribution in [0.3, 0.4) is 0 Å². The summed E-state index contributed by atoms with van der Waals surface area (Å²) in [6, 6.07) is 10.6. The Balaban J connectivity index is 1.73. The minimum atomic E-state index is -0.648. The average molecular weight is 335 g/mol. The fraction of sp³-hybridized carbons (Fsp3) is 0.125. The van der Waals surface area contributed by atoms with Crippen LogP contribution in [0, 0.1) is 6.92 Å². The maximum atomic E-state index is 12.1. The van der Waals surface area contributed by atoms with E-state index in [0.29, 0.717) is 20.4 Å². The number of furan rings is 1. The fourth-order valence-corrected chi connectivity index (χ4v) is 3.07. The van der Waals surface area contributed by atoms with Crippen molar-refractivity contribution in [2.75, 3.05) is 6.61 Å². The van der Waals surface area contributed by atoms with Gasteiger partial charge in [-0.1, -0.05) is 29.8 Å². The van der Waals surface area contributed by atoms with Crippen molar-refractivity contribution < 1.29 is 18.7 Å². The number of para-hydroxylation sites is 1. The summed E-state index contributed by atoms with van der Waals surface area (Å²) >= 11 is 6.92. The highest BCUT2D eigenvalue weighted by atomic mass is 35.5. The molecule has 0 N–H and O–H groups in total. The van der Waals surface area contributed by atoms with Gasteiger partial charge in [-0.3, -0.25) is 4.79 Å². The molecule has 2 aromatic heterocycles. The highest BCUT2D eigenvalue weighted by Gasteiger charge is 2.20. The first-order valence-corrected chi connectivity index (χ1v) is 7.69. The van der Waals surface area contributed by atoms with E-state index < -0.39 is 5.97 Å². The van der Waals surface area contributed by atoms with Gasteiger partial charge in [-0.05, 0) is 25.1 Å². The van der Waals surface area contributed by atoms with E-state index in [9.17, 15) is 9.59 Å². The van der Waals surface area contributed by atoms with Gasteiger partial charge in [0, 0.05) is 10.9 Å². The first kappa shape index (κ1) is 14.8. The molecule has 0 aliphatic rings. The number of aryl methyl sites for hydroxylation is 1. The summed E-state index contributed by atoms with van der Waals surface area (Å²) in [5, 5.41) is 0.853. The minimum absolute atomic E-state index is 0.123. The number of rotatable bonds is 4. The van der Waals surface area contributed by atoms with E-state index in [1.54, 1.807) is 25.1 Å². The third kappa shape index (κ3) is 2.77. The van der Waals surface area contributed by atoms with Gasteiger partial charge in [-0.2, -0.15) is 0 Å². The third-order valence-corrected chi connectivity index (χ3v) is 4.48. The summed E-state index contributed by atoms with van der Waals surface area (Å²) in [5.41, 5.74) is 1.32. The molecule has 0 aliphatic heterocycles. The molecule has 22 heavy (non-hydrogen) atoms. The van der Waals surface area contributed by atoms with Gasteiger partial charge in [-0.15, -0.1) is 11.3 Å². The Morgan fingerprint density at radius 2 is 2.00 bits per heavy atom. The van der Waals surface area contributed by atoms with E-state index in [2.05, 4.69) is 0 Å². The summed E-state index contributed by atoms with van der Waals surface area (Å²) in [6.07, 6.45) is 0. The van der Waals surface area contributed by atoms with Gasteiger partial charge in [0.15, 0.2) is 6.61 Å². The van der Waals surface area contributed by atoms with E-state index in [1.165, 1.54) is 0 Å². The monoisotopic (exact) mass is 334 g/mol. The second-order valence-corrected chi connectivity index (χ2v) is 6.37. The first-order valence-electron chi connectivity index (χ1n) is 6.50. The van der Waals surface area contributed by atoms with Crippen LogP contribution in [-0.2, 0) is 4.74 Å². The molecule has 0 radical (unpaired) electrons. The number of halogens is 1. The number of carbonyl (C=O) groups is 2. The third-order valence-electron chi connectivity index (χ3n) is 3.21. The van der Waals surface area contributed by atoms with E-state index in [-0.39, 0.29) is 18.2 Å². The number of benzene rings is 1. The van der Waals surface area contributed by atoms with Crippen LogP contribution in [0.4, 0.5) is 0 Å². The summed E-state index contributed by atoms with van der Waals surface area (Å²) in [4.78, 5) is 24.4. The molecule has 2 heterocycles. The molecule has 3 rings (SSSR count). The number of hydrogen-bond acceptors (Lipinski definition) is 5. The molecule has 0 saturated carbocycles. The van der Waals surface area contributed by atoms with Crippen molar-refractivity contribution in [3.63, 3.8) is 0 Å². The van der Waals surface area contributed by atoms with Crippen LogP contribution >= 0.6 is 22.9 Å². The summed E-state index contributed by atoms with van der Waals surface area (Å²) < 4.78 is 11.1. The molecule has 0 unspecified atom stereocenters. The average Bonchev–Trinajstić information content (AvgIpc) is 3.09. The molecule has 112 valence electrons. The predicted molar refractivity (Wildman–Crippen MR) is 84.9 cm³/mol. The van der Waals surface area contributed by atoms with Crippen LogP contribution in [0.5, 0.6) is 0 Å². The van der Waals surface area contributed by atoms with Crippen LogP contribution in [0.25, 0.3) is 11.0 Å². The number of Topliss-reactive ketones (excluding diaryl/α,β-unsaturated/α-hetero) is 1. The molecular weight excluding hydrogens is 324 g/mol. The van der Waals surface area contributed by atoms with Crippen LogP contribution in [0.15, 0.2) is 40.8 Å². The van der Waals surface area contributed by atoms with Crippen molar-refractivity contribution in [1.29, 1.82) is 0 Å². The van der Waals surface area contributed by atoms with Gasteiger partial charge in [0.05, 0.1) is 9.21 Å². The zero-order valence-electron chi connectivity index (χ0n) is 11.6. The highest BCUT2D eigenvalue weighted by molar-refractivity contribution is 7.18. The standard InChI is InChI=1S/C16H11ClO4S/c1-9-10-4-2-3-5-12(10)21-15(9)16(19)20-8-11(18)13-6-7-14(17)22-13/h2-7H,8H2,1H3. The molecular formula is C16H11ClO4S. The van der Waals surface area contributed by atoms with Crippen LogP contribution in [0.1, 0.15) is 25.8 Å². The van der Waals surface area contributed by atoms with Crippen LogP contribution < -0.4 is 0 Å². The Kier molecular flexibility index (Phi) is 4.00. The van der Waals surface area contributed by atoms with E-state index in [4.69, 9.17) is 20.8 Å². The summed E-state index contributed by atoms with van der Waals surface area (Å²) in [5.74, 6) is -0.818. The van der Waals surface area contributed by atoms with Crippen LogP contribution in [0.2, 0.25) is 4.34 Å². The van der Waals surface area contributed by atoms with Crippen molar-refractivity contribution in [3.8, 4) is 0 Å². The summed E-state index contributed by atoms with van der Waals surface area (Å²) in [6.45, 7) is 1.44. The Bertz CT molecular complexity index is 862. The van der Waals surface area contributed by atoms with Gasteiger partial charge in [0.1, 0.15) is 5.58 Å². The van der Waals surface area contributed by atoms with Crippen molar-refractivity contribution >= 4 is 45.7 Å². The minimum Gasteiger partial charge on any atom is -0.451 e. The molecule has 4 nitrogen and oxygen atoms in total. The lowest BCUT2D eigenvalue weighted by Gasteiger charge is -2.01. The second-order valence-electron chi connectivity index (χ2n) is 4.66. The Labute approximate surface area is 135 Å². The molecule has 0 bridgehead atoms. The zero-order chi connectivity index (χ0) is 15.7. The number of hydrogen-bond donors (Lipinski definition) is 0. The summed E-state index contributed by atoms with van der Waals surface area (Å²) in [7, 11) is 0. The Hall–Kier alpha value is -2.11. The number of fused-ring (bicyclic) bond motifs is 1. The van der Waals surface area contributed by atoms with Gasteiger partial charge in [0.2, 0.25) is 11.5 Å². The van der Waals surface area contributed by atoms with Crippen molar-refractivity contribution in [2.24, 2.45) is 0 Å². The molecule has 0 amide bonds. The topological polar surface area (TPSA) is 56.5 Å². The van der Waals surface area contributed by atoms with Crippen LogP contribution in [-0.4, -0.2) is 18.4 Å². The zero-order valence-corrected chi connectivity index (χ0v) is 13.2. The molecule has 0 aliphatic carbocycles. The van der Waals surface area contributed by atoms with Gasteiger partial charge >= 0.3 is 5.97 Å². The molecule has 3 aromatic rings. The Morgan fingerprint density at radius 1 is 1.23 bits per heavy atom. The molecule has 1 aromatic carbocycles. The number of carbonyl (C=O) groups excluding carboxylic acids is 2. The van der Waals surface area contributed by atoms with E-state index in [1.807, 2.05) is 18.2 Å². The number of thiophene rings is 1. The lowest BCUT2D eigenvalue weighted by Crippen LogP contribution is -2.13. The van der Waals surface area contributed by atoms with Gasteiger partial charge in [0.25, 0.3) is 0 Å². The lowest BCUT2D eigenvalue weighted by molar-refractivity contribution is 0.0446. The molecule has 0 atom stereocenters. The number of esters is 1. The van der Waals surface area contributed by atoms with Gasteiger partial charge in [-0.25, -0.2) is 4.79 Å². The molecule has 6 heteroatoms. The normalized spacial score (nSPS) is 10.8. The van der Waals surface area contributed by atoms with E-state index >= 15 is 0 Å². The number of ketones is 1. The first-order chi connectivity index (χ1) is 10.6. The molecule has 0 spiro atoms. The van der Waals surface area contributed by atoms with Crippen molar-refractivity contribution in [3.05, 3.63) is 56.9 Å². The van der Waals surface area contributed by atoms with Gasteiger partial charge < -0.3 is 9.15 Å². The van der Waals surface area contributed by atoms with Crippen molar-refractivity contribution in [1.82, 2.24) is 0 Å². The highest BCUT2D eigenvalue weighted by Crippen LogP contribution is 2.26. The maximum Gasteiger partial charge on any atom is 0.375 e. The fourth-order valence-electron chi connectivity index (χ4n) is 2.10. The SMILES string of the molecule is Cc1c(C(=O)OCC(=O)c2ccc(Cl)s2)oc2ccccc12. The van der Waals surface area contributed by atoms with Crippen molar-refractivity contribution in [2.45, 2.75) is 6.92 Å². The van der Waals surface area contributed by atoms with E-state index in [0.717, 1.165) is 16.7 Å². The quantitative estimate of drug-likeness (QED) is 0.521. The lowest BCUT2D eigenvalue weighted by atomic mass is 10.1. The second kappa shape index (κ2) is 5.94. The molecule has 0 saturated heterocycles.